The summed E-state index contributed by atoms with van der Waals surface area (Å²) in [6, 6.07) is 9.59. The van der Waals surface area contributed by atoms with Crippen molar-refractivity contribution in [3.8, 4) is 10.7 Å². The lowest BCUT2D eigenvalue weighted by atomic mass is 10.3. The molecule has 0 saturated carbocycles. The molecule has 0 atom stereocenters. The topological polar surface area (TPSA) is 65.5 Å². The largest absolute Gasteiger partial charge is 0.384 e. The van der Waals surface area contributed by atoms with E-state index in [0.717, 1.165) is 20.9 Å². The van der Waals surface area contributed by atoms with E-state index in [1.54, 1.807) is 38.1 Å². The summed E-state index contributed by atoms with van der Waals surface area (Å²) >= 11 is 3.24. The van der Waals surface area contributed by atoms with Crippen molar-refractivity contribution in [3.63, 3.8) is 0 Å². The van der Waals surface area contributed by atoms with Crippen molar-refractivity contribution < 1.29 is 18.6 Å². The van der Waals surface area contributed by atoms with Gasteiger partial charge >= 0.3 is 0 Å². The standard InChI is InChI=1S/C20H24FN3O3S2/c1-22-16-5-6-17(23-19(16)21)20-24-15-4-3-14(13-18(15)29-20)28-12-11-27-10-9-26-8-7-25-2/h3-6,13,22H,7-12H2,1-2H3. The molecule has 2 aromatic heterocycles. The molecule has 6 nitrogen and oxygen atoms in total. The van der Waals surface area contributed by atoms with Gasteiger partial charge in [-0.25, -0.2) is 9.97 Å². The minimum Gasteiger partial charge on any atom is -0.384 e. The number of halogens is 1. The highest BCUT2D eigenvalue weighted by atomic mass is 32.2. The molecule has 0 fully saturated rings. The molecule has 1 aromatic carbocycles. The lowest BCUT2D eigenvalue weighted by Gasteiger charge is -2.05. The molecule has 2 heterocycles. The summed E-state index contributed by atoms with van der Waals surface area (Å²) in [5.41, 5.74) is 1.80. The average Bonchev–Trinajstić information content (AvgIpc) is 3.16. The van der Waals surface area contributed by atoms with Crippen molar-refractivity contribution in [1.82, 2.24) is 9.97 Å². The van der Waals surface area contributed by atoms with Crippen LogP contribution in [0, 0.1) is 5.95 Å². The number of aromatic nitrogens is 2. The zero-order valence-electron chi connectivity index (χ0n) is 16.4. The van der Waals surface area contributed by atoms with E-state index in [-0.39, 0.29) is 0 Å². The van der Waals surface area contributed by atoms with E-state index >= 15 is 0 Å². The molecule has 3 aromatic rings. The summed E-state index contributed by atoms with van der Waals surface area (Å²) in [6.07, 6.45) is 0. The number of hydrogen-bond donors (Lipinski definition) is 1. The number of benzene rings is 1. The van der Waals surface area contributed by atoms with Crippen molar-refractivity contribution in [1.29, 1.82) is 0 Å². The summed E-state index contributed by atoms with van der Waals surface area (Å²) in [6.45, 7) is 3.01. The highest BCUT2D eigenvalue weighted by Gasteiger charge is 2.11. The van der Waals surface area contributed by atoms with E-state index in [0.29, 0.717) is 49.4 Å². The zero-order chi connectivity index (χ0) is 20.5. The summed E-state index contributed by atoms with van der Waals surface area (Å²) in [5.74, 6) is 0.331. The number of ether oxygens (including phenoxy) is 3. The highest BCUT2D eigenvalue weighted by Crippen LogP contribution is 2.32. The predicted molar refractivity (Wildman–Crippen MR) is 117 cm³/mol. The Hall–Kier alpha value is -1.78. The van der Waals surface area contributed by atoms with Gasteiger partial charge in [-0.3, -0.25) is 0 Å². The van der Waals surface area contributed by atoms with Gasteiger partial charge in [0.25, 0.3) is 0 Å². The molecule has 3 rings (SSSR count). The molecule has 1 N–H and O–H groups in total. The monoisotopic (exact) mass is 437 g/mol. The van der Waals surface area contributed by atoms with Crippen LogP contribution in [-0.2, 0) is 14.2 Å². The maximum atomic E-state index is 13.9. The van der Waals surface area contributed by atoms with Crippen LogP contribution in [0.3, 0.4) is 0 Å². The number of methoxy groups -OCH3 is 1. The van der Waals surface area contributed by atoms with Crippen LogP contribution in [0.1, 0.15) is 0 Å². The minimum absolute atomic E-state index is 0.373. The van der Waals surface area contributed by atoms with E-state index in [9.17, 15) is 4.39 Å². The first kappa shape index (κ1) is 21.9. The lowest BCUT2D eigenvalue weighted by molar-refractivity contribution is 0.0286. The molecule has 0 aliphatic heterocycles. The molecule has 0 aliphatic rings. The van der Waals surface area contributed by atoms with Crippen molar-refractivity contribution in [3.05, 3.63) is 36.3 Å². The van der Waals surface area contributed by atoms with Gasteiger partial charge in [0.2, 0.25) is 5.95 Å². The van der Waals surface area contributed by atoms with Gasteiger partial charge in [0.1, 0.15) is 10.7 Å². The highest BCUT2D eigenvalue weighted by molar-refractivity contribution is 7.99. The third-order valence-electron chi connectivity index (χ3n) is 4.00. The SMILES string of the molecule is CNc1ccc(-c2nc3ccc(SCCOCCOCCOC)cc3s2)nc1F. The van der Waals surface area contributed by atoms with Crippen LogP contribution in [0.2, 0.25) is 0 Å². The van der Waals surface area contributed by atoms with Crippen LogP contribution in [0.25, 0.3) is 20.9 Å². The second kappa shape index (κ2) is 11.4. The first-order chi connectivity index (χ1) is 14.2. The number of rotatable bonds is 12. The van der Waals surface area contributed by atoms with Gasteiger partial charge in [0, 0.05) is 24.8 Å². The number of anilines is 1. The van der Waals surface area contributed by atoms with E-state index in [2.05, 4.69) is 21.4 Å². The van der Waals surface area contributed by atoms with Crippen LogP contribution < -0.4 is 5.32 Å². The Morgan fingerprint density at radius 3 is 2.59 bits per heavy atom. The van der Waals surface area contributed by atoms with Crippen molar-refractivity contribution in [2.45, 2.75) is 4.90 Å². The number of nitrogens with one attached hydrogen (secondary N) is 1. The third-order valence-corrected chi connectivity index (χ3v) is 6.00. The Morgan fingerprint density at radius 2 is 1.83 bits per heavy atom. The molecule has 156 valence electrons. The number of thiazole rings is 1. The normalized spacial score (nSPS) is 11.3. The van der Waals surface area contributed by atoms with E-state index in [1.807, 2.05) is 12.1 Å². The van der Waals surface area contributed by atoms with Crippen LogP contribution in [-0.4, -0.2) is 62.9 Å². The second-order valence-corrected chi connectivity index (χ2v) is 8.20. The van der Waals surface area contributed by atoms with Gasteiger partial charge in [-0.2, -0.15) is 4.39 Å². The fourth-order valence-electron chi connectivity index (χ4n) is 2.53. The maximum Gasteiger partial charge on any atom is 0.236 e. The Balaban J connectivity index is 1.51. The molecule has 0 saturated heterocycles. The van der Waals surface area contributed by atoms with Crippen molar-refractivity contribution in [2.24, 2.45) is 0 Å². The number of thioether (sulfide) groups is 1. The van der Waals surface area contributed by atoms with Gasteiger partial charge < -0.3 is 19.5 Å². The molecule has 0 bridgehead atoms. The van der Waals surface area contributed by atoms with Gasteiger partial charge in [-0.05, 0) is 30.3 Å². The van der Waals surface area contributed by atoms with Gasteiger partial charge in [0.05, 0.1) is 48.9 Å². The zero-order valence-corrected chi connectivity index (χ0v) is 18.1. The maximum absolute atomic E-state index is 13.9. The molecule has 0 spiro atoms. The second-order valence-electron chi connectivity index (χ2n) is 6.00. The molecule has 0 amide bonds. The number of fused-ring (bicyclic) bond motifs is 1. The smallest absolute Gasteiger partial charge is 0.236 e. The summed E-state index contributed by atoms with van der Waals surface area (Å²) in [4.78, 5) is 9.75. The number of hydrogen-bond acceptors (Lipinski definition) is 8. The van der Waals surface area contributed by atoms with Crippen LogP contribution in [0.5, 0.6) is 0 Å². The van der Waals surface area contributed by atoms with E-state index in [1.165, 1.54) is 11.3 Å². The van der Waals surface area contributed by atoms with E-state index in [4.69, 9.17) is 14.2 Å². The summed E-state index contributed by atoms with van der Waals surface area (Å²) in [5, 5.41) is 3.48. The predicted octanol–water partition coefficient (Wildman–Crippen LogP) is 4.31. The molecule has 0 unspecified atom stereocenters. The molecular weight excluding hydrogens is 413 g/mol. The van der Waals surface area contributed by atoms with Crippen molar-refractivity contribution >= 4 is 39.0 Å². The number of pyridine rings is 1. The van der Waals surface area contributed by atoms with Crippen LogP contribution >= 0.6 is 23.1 Å². The minimum atomic E-state index is -0.524. The van der Waals surface area contributed by atoms with Crippen LogP contribution in [0.15, 0.2) is 35.2 Å². The number of nitrogens with zero attached hydrogens (tertiary/aromatic N) is 2. The first-order valence-corrected chi connectivity index (χ1v) is 11.0. The first-order valence-electron chi connectivity index (χ1n) is 9.23. The Morgan fingerprint density at radius 1 is 1.03 bits per heavy atom. The summed E-state index contributed by atoms with van der Waals surface area (Å²) in [7, 11) is 3.32. The molecule has 0 aliphatic carbocycles. The fraction of sp³-hybridized carbons (Fsp3) is 0.400. The van der Waals surface area contributed by atoms with Gasteiger partial charge in [0.15, 0.2) is 0 Å². The van der Waals surface area contributed by atoms with Crippen LogP contribution in [0.4, 0.5) is 10.1 Å². The molecular formula is C20H24FN3O3S2. The van der Waals surface area contributed by atoms with Gasteiger partial charge in [-0.15, -0.1) is 23.1 Å². The Labute approximate surface area is 177 Å². The van der Waals surface area contributed by atoms with Crippen molar-refractivity contribution in [2.75, 3.05) is 58.3 Å². The quantitative estimate of drug-likeness (QED) is 0.257. The molecule has 29 heavy (non-hydrogen) atoms. The Kier molecular flexibility index (Phi) is 8.63. The lowest BCUT2D eigenvalue weighted by Crippen LogP contribution is -2.09. The molecule has 9 heteroatoms. The van der Waals surface area contributed by atoms with E-state index < -0.39 is 5.95 Å². The fourth-order valence-corrected chi connectivity index (χ4v) is 4.38. The molecule has 0 radical (unpaired) electrons. The average molecular weight is 438 g/mol. The Bertz CT molecular complexity index is 923. The third kappa shape index (κ3) is 6.35. The van der Waals surface area contributed by atoms with Gasteiger partial charge in [-0.1, -0.05) is 0 Å². The summed E-state index contributed by atoms with van der Waals surface area (Å²) < 4.78 is 30.8.